The maximum absolute atomic E-state index is 12.3. The molecule has 2 aromatic rings. The van der Waals surface area contributed by atoms with Gasteiger partial charge in [-0.1, -0.05) is 0 Å². The third-order valence-electron chi connectivity index (χ3n) is 4.04. The van der Waals surface area contributed by atoms with Crippen molar-refractivity contribution in [3.8, 4) is 0 Å². The number of aryl methyl sites for hydroxylation is 1. The molecule has 1 aliphatic heterocycles. The van der Waals surface area contributed by atoms with Gasteiger partial charge in [-0.05, 0) is 49.6 Å². The molecule has 0 radical (unpaired) electrons. The van der Waals surface area contributed by atoms with Crippen LogP contribution in [0.3, 0.4) is 0 Å². The van der Waals surface area contributed by atoms with Crippen LogP contribution in [0.15, 0.2) is 36.5 Å². The first-order valence-corrected chi connectivity index (χ1v) is 7.82. The second-order valence-corrected chi connectivity index (χ2v) is 5.83. The Kier molecular flexibility index (Phi) is 4.41. The molecule has 1 aromatic carbocycles. The summed E-state index contributed by atoms with van der Waals surface area (Å²) in [5.41, 5.74) is 1.74. The van der Waals surface area contributed by atoms with E-state index < -0.39 is 10.8 Å². The molecule has 0 aliphatic carbocycles. The summed E-state index contributed by atoms with van der Waals surface area (Å²) in [6.45, 7) is 3.51. The molecule has 0 saturated carbocycles. The van der Waals surface area contributed by atoms with Crippen molar-refractivity contribution in [2.75, 3.05) is 23.3 Å². The van der Waals surface area contributed by atoms with Crippen LogP contribution in [-0.2, 0) is 0 Å². The lowest BCUT2D eigenvalue weighted by Crippen LogP contribution is -2.20. The van der Waals surface area contributed by atoms with Gasteiger partial charge in [0.05, 0.1) is 4.92 Å². The Morgan fingerprint density at radius 2 is 2.00 bits per heavy atom. The molecule has 0 unspecified atom stereocenters. The number of nitro benzene ring substituents is 1. The van der Waals surface area contributed by atoms with Gasteiger partial charge in [-0.25, -0.2) is 4.98 Å². The number of rotatable bonds is 4. The molecule has 2 heterocycles. The zero-order valence-corrected chi connectivity index (χ0v) is 13.4. The summed E-state index contributed by atoms with van der Waals surface area (Å²) in [6.07, 6.45) is 3.65. The fraction of sp³-hybridized carbons (Fsp3) is 0.294. The average molecular weight is 326 g/mol. The number of hydrogen-bond acceptors (Lipinski definition) is 5. The minimum atomic E-state index is -0.435. The Hall–Kier alpha value is -2.96. The third-order valence-corrected chi connectivity index (χ3v) is 4.04. The summed E-state index contributed by atoms with van der Waals surface area (Å²) >= 11 is 0. The topological polar surface area (TPSA) is 88.4 Å². The van der Waals surface area contributed by atoms with Gasteiger partial charge >= 0.3 is 0 Å². The number of hydrogen-bond donors (Lipinski definition) is 1. The highest BCUT2D eigenvalue weighted by atomic mass is 16.6. The zero-order valence-electron chi connectivity index (χ0n) is 13.4. The summed E-state index contributed by atoms with van der Waals surface area (Å²) in [4.78, 5) is 29.4. The van der Waals surface area contributed by atoms with E-state index in [-0.39, 0.29) is 11.3 Å². The van der Waals surface area contributed by atoms with Crippen LogP contribution in [0.1, 0.15) is 28.8 Å². The third kappa shape index (κ3) is 3.34. The SMILES string of the molecule is Cc1ccnc(NC(=O)c2ccc(N3CCCC3)c([N+](=O)[O-])c2)c1. The lowest BCUT2D eigenvalue weighted by atomic mass is 10.1. The molecule has 1 N–H and O–H groups in total. The molecule has 124 valence electrons. The van der Waals surface area contributed by atoms with E-state index in [0.717, 1.165) is 31.5 Å². The van der Waals surface area contributed by atoms with Crippen LogP contribution in [0.2, 0.25) is 0 Å². The van der Waals surface area contributed by atoms with Crippen molar-refractivity contribution in [2.45, 2.75) is 19.8 Å². The van der Waals surface area contributed by atoms with Crippen molar-refractivity contribution in [1.82, 2.24) is 4.98 Å². The Labute approximate surface area is 139 Å². The van der Waals surface area contributed by atoms with E-state index >= 15 is 0 Å². The van der Waals surface area contributed by atoms with Gasteiger partial charge in [0.25, 0.3) is 11.6 Å². The molecule has 0 bridgehead atoms. The van der Waals surface area contributed by atoms with E-state index in [9.17, 15) is 14.9 Å². The molecule has 3 rings (SSSR count). The largest absolute Gasteiger partial charge is 0.366 e. The molecular formula is C17H18N4O3. The van der Waals surface area contributed by atoms with Crippen LogP contribution < -0.4 is 10.2 Å². The zero-order chi connectivity index (χ0) is 17.1. The number of anilines is 2. The fourth-order valence-electron chi connectivity index (χ4n) is 2.83. The van der Waals surface area contributed by atoms with Crippen molar-refractivity contribution < 1.29 is 9.72 Å². The number of nitrogens with one attached hydrogen (secondary N) is 1. The highest BCUT2D eigenvalue weighted by molar-refractivity contribution is 6.04. The normalized spacial score (nSPS) is 13.8. The Morgan fingerprint density at radius 1 is 1.25 bits per heavy atom. The first-order chi connectivity index (χ1) is 11.5. The van der Waals surface area contributed by atoms with Crippen molar-refractivity contribution in [1.29, 1.82) is 0 Å². The van der Waals surface area contributed by atoms with Crippen molar-refractivity contribution >= 4 is 23.1 Å². The van der Waals surface area contributed by atoms with Crippen molar-refractivity contribution in [3.05, 3.63) is 57.8 Å². The van der Waals surface area contributed by atoms with Crippen LogP contribution >= 0.6 is 0 Å². The van der Waals surface area contributed by atoms with Gasteiger partial charge in [-0.3, -0.25) is 14.9 Å². The number of amides is 1. The van der Waals surface area contributed by atoms with Gasteiger partial charge in [-0.2, -0.15) is 0 Å². The number of carbonyl (C=O) groups excluding carboxylic acids is 1. The number of carbonyl (C=O) groups is 1. The smallest absolute Gasteiger partial charge is 0.293 e. The fourth-order valence-corrected chi connectivity index (χ4v) is 2.83. The van der Waals surface area contributed by atoms with Crippen LogP contribution in [0.4, 0.5) is 17.2 Å². The van der Waals surface area contributed by atoms with Gasteiger partial charge in [0, 0.05) is 30.9 Å². The molecule has 1 saturated heterocycles. The number of aromatic nitrogens is 1. The second kappa shape index (κ2) is 6.66. The standard InChI is InChI=1S/C17H18N4O3/c1-12-6-7-18-16(10-12)19-17(22)13-4-5-14(15(11-13)21(23)24)20-8-2-3-9-20/h4-7,10-11H,2-3,8-9H2,1H3,(H,18,19,22). The van der Waals surface area contributed by atoms with E-state index in [4.69, 9.17) is 0 Å². The van der Waals surface area contributed by atoms with E-state index in [0.29, 0.717) is 11.5 Å². The highest BCUT2D eigenvalue weighted by Crippen LogP contribution is 2.31. The molecule has 7 nitrogen and oxygen atoms in total. The predicted octanol–water partition coefficient (Wildman–Crippen LogP) is 3.15. The summed E-state index contributed by atoms with van der Waals surface area (Å²) in [5, 5.41) is 14.1. The van der Waals surface area contributed by atoms with Gasteiger partial charge < -0.3 is 10.2 Å². The van der Waals surface area contributed by atoms with E-state index in [1.165, 1.54) is 6.07 Å². The Balaban J connectivity index is 1.86. The van der Waals surface area contributed by atoms with Gasteiger partial charge in [0.15, 0.2) is 0 Å². The molecular weight excluding hydrogens is 308 g/mol. The second-order valence-electron chi connectivity index (χ2n) is 5.83. The van der Waals surface area contributed by atoms with Crippen LogP contribution in [-0.4, -0.2) is 28.9 Å². The van der Waals surface area contributed by atoms with E-state index in [2.05, 4.69) is 10.3 Å². The van der Waals surface area contributed by atoms with Gasteiger partial charge in [-0.15, -0.1) is 0 Å². The van der Waals surface area contributed by atoms with Crippen molar-refractivity contribution in [2.24, 2.45) is 0 Å². The minimum absolute atomic E-state index is 0.0400. The van der Waals surface area contributed by atoms with Crippen LogP contribution in [0.25, 0.3) is 0 Å². The highest BCUT2D eigenvalue weighted by Gasteiger charge is 2.23. The van der Waals surface area contributed by atoms with Gasteiger partial charge in [0.1, 0.15) is 11.5 Å². The van der Waals surface area contributed by atoms with Crippen LogP contribution in [0.5, 0.6) is 0 Å². The number of nitrogens with zero attached hydrogens (tertiary/aromatic N) is 3. The summed E-state index contributed by atoms with van der Waals surface area (Å²) < 4.78 is 0. The number of pyridine rings is 1. The van der Waals surface area contributed by atoms with E-state index in [1.807, 2.05) is 17.9 Å². The first-order valence-electron chi connectivity index (χ1n) is 7.82. The summed E-state index contributed by atoms with van der Waals surface area (Å²) in [6, 6.07) is 8.17. The van der Waals surface area contributed by atoms with E-state index in [1.54, 1.807) is 24.4 Å². The minimum Gasteiger partial charge on any atom is -0.366 e. The molecule has 1 amide bonds. The molecule has 0 spiro atoms. The Morgan fingerprint density at radius 3 is 2.67 bits per heavy atom. The lowest BCUT2D eigenvalue weighted by molar-refractivity contribution is -0.384. The summed E-state index contributed by atoms with van der Waals surface area (Å²) in [7, 11) is 0. The summed E-state index contributed by atoms with van der Waals surface area (Å²) in [5.74, 6) is 0.00967. The number of benzene rings is 1. The molecule has 7 heteroatoms. The molecule has 1 aliphatic rings. The molecule has 1 aromatic heterocycles. The molecule has 1 fully saturated rings. The monoisotopic (exact) mass is 326 g/mol. The predicted molar refractivity (Wildman–Crippen MR) is 91.5 cm³/mol. The quantitative estimate of drug-likeness (QED) is 0.689. The van der Waals surface area contributed by atoms with Gasteiger partial charge in [0.2, 0.25) is 0 Å². The molecule has 0 atom stereocenters. The van der Waals surface area contributed by atoms with Crippen molar-refractivity contribution in [3.63, 3.8) is 0 Å². The maximum atomic E-state index is 12.3. The van der Waals surface area contributed by atoms with Crippen LogP contribution in [0, 0.1) is 17.0 Å². The number of nitro groups is 1. The average Bonchev–Trinajstić information content (AvgIpc) is 3.08. The Bertz CT molecular complexity index is 785. The first kappa shape index (κ1) is 15.9. The maximum Gasteiger partial charge on any atom is 0.293 e. The molecule has 24 heavy (non-hydrogen) atoms. The lowest BCUT2D eigenvalue weighted by Gasteiger charge is -2.17.